The smallest absolute Gasteiger partial charge is 0.305 e. The molecule has 0 bridgehead atoms. The average Bonchev–Trinajstić information content (AvgIpc) is 3.03. The van der Waals surface area contributed by atoms with Crippen molar-refractivity contribution < 1.29 is 13.6 Å². The molecule has 25 heavy (non-hydrogen) atoms. The summed E-state index contributed by atoms with van der Waals surface area (Å²) in [5.41, 5.74) is -0.426. The number of aryl methyl sites for hydroxylation is 1. The molecule has 0 radical (unpaired) electrons. The van der Waals surface area contributed by atoms with Gasteiger partial charge in [-0.25, -0.2) is 23.5 Å². The molecule has 0 saturated heterocycles. The third kappa shape index (κ3) is 3.32. The lowest BCUT2D eigenvalue weighted by molar-refractivity contribution is 0.262. The molecule has 0 atom stereocenters. The second-order valence-corrected chi connectivity index (χ2v) is 5.21. The van der Waals surface area contributed by atoms with Gasteiger partial charge in [0.25, 0.3) is 11.3 Å². The Balaban J connectivity index is 1.90. The molecule has 0 fully saturated rings. The summed E-state index contributed by atoms with van der Waals surface area (Å²) in [4.78, 5) is 32.7. The molecule has 2 heterocycles. The van der Waals surface area contributed by atoms with E-state index >= 15 is 0 Å². The zero-order chi connectivity index (χ0) is 18.0. The molecule has 0 aliphatic heterocycles. The van der Waals surface area contributed by atoms with Crippen LogP contribution in [0, 0.1) is 11.6 Å². The van der Waals surface area contributed by atoms with Gasteiger partial charge in [0.15, 0.2) is 0 Å². The molecule has 10 heteroatoms. The third-order valence-corrected chi connectivity index (χ3v) is 3.41. The third-order valence-electron chi connectivity index (χ3n) is 3.41. The molecule has 1 aromatic carbocycles. The highest BCUT2D eigenvalue weighted by Gasteiger charge is 2.17. The molecule has 2 aromatic heterocycles. The van der Waals surface area contributed by atoms with Crippen LogP contribution in [0.2, 0.25) is 0 Å². The largest absolute Gasteiger partial charge is 0.323 e. The van der Waals surface area contributed by atoms with E-state index in [0.717, 1.165) is 16.6 Å². The van der Waals surface area contributed by atoms with E-state index in [-0.39, 0.29) is 17.2 Å². The first-order valence-corrected chi connectivity index (χ1v) is 7.47. The van der Waals surface area contributed by atoms with Gasteiger partial charge in [-0.1, -0.05) is 13.3 Å². The summed E-state index contributed by atoms with van der Waals surface area (Å²) in [5, 5.41) is 7.21. The summed E-state index contributed by atoms with van der Waals surface area (Å²) in [6.07, 6.45) is 2.44. The van der Waals surface area contributed by atoms with E-state index in [0.29, 0.717) is 24.6 Å². The molecule has 3 N–H and O–H groups in total. The minimum Gasteiger partial charge on any atom is -0.305 e. The van der Waals surface area contributed by atoms with Crippen LogP contribution < -0.4 is 16.2 Å². The quantitative estimate of drug-likeness (QED) is 0.673. The van der Waals surface area contributed by atoms with Gasteiger partial charge in [-0.05, 0) is 18.6 Å². The Labute approximate surface area is 139 Å². The number of fused-ring (bicyclic) bond motifs is 1. The van der Waals surface area contributed by atoms with Crippen molar-refractivity contribution in [3.8, 4) is 0 Å². The predicted molar refractivity (Wildman–Crippen MR) is 86.6 cm³/mol. The molecule has 2 amide bonds. The van der Waals surface area contributed by atoms with Gasteiger partial charge in [-0.15, -0.1) is 0 Å². The Morgan fingerprint density at radius 2 is 2.12 bits per heavy atom. The molecule has 130 valence electrons. The van der Waals surface area contributed by atoms with Gasteiger partial charge in [0.05, 0.1) is 11.4 Å². The second kappa shape index (κ2) is 6.67. The van der Waals surface area contributed by atoms with E-state index < -0.39 is 23.2 Å². The SMILES string of the molecule is CCCc1nc2nc[nH]n2c(=O)c1NC(=O)Nc1ccc(F)cc1F. The number of halogens is 2. The molecular formula is C15H14F2N6O2. The standard InChI is InChI=1S/C15H14F2N6O2/c1-2-3-11-12(13(24)23-14(20-11)18-7-19-23)22-15(25)21-10-5-4-8(16)6-9(10)17/h4-7H,2-3H2,1H3,(H,18,19,20)(H2,21,22,25). The van der Waals surface area contributed by atoms with Crippen LogP contribution in [0.5, 0.6) is 0 Å². The van der Waals surface area contributed by atoms with Crippen LogP contribution >= 0.6 is 0 Å². The number of aromatic amines is 1. The van der Waals surface area contributed by atoms with Crippen molar-refractivity contribution in [2.75, 3.05) is 10.6 Å². The lowest BCUT2D eigenvalue weighted by atomic mass is 10.2. The molecule has 3 aromatic rings. The summed E-state index contributed by atoms with van der Waals surface area (Å²) >= 11 is 0. The van der Waals surface area contributed by atoms with Gasteiger partial charge in [0.1, 0.15) is 23.6 Å². The first-order valence-electron chi connectivity index (χ1n) is 7.47. The minimum absolute atomic E-state index is 0.0383. The van der Waals surface area contributed by atoms with E-state index in [1.165, 1.54) is 6.33 Å². The number of rotatable bonds is 4. The van der Waals surface area contributed by atoms with Crippen LogP contribution in [0.4, 0.5) is 25.0 Å². The fourth-order valence-corrected chi connectivity index (χ4v) is 2.30. The van der Waals surface area contributed by atoms with E-state index in [1.807, 2.05) is 6.92 Å². The van der Waals surface area contributed by atoms with E-state index in [4.69, 9.17) is 0 Å². The summed E-state index contributed by atoms with van der Waals surface area (Å²) < 4.78 is 27.6. The molecule has 0 unspecified atom stereocenters. The van der Waals surface area contributed by atoms with E-state index in [9.17, 15) is 18.4 Å². The van der Waals surface area contributed by atoms with Crippen molar-refractivity contribution in [1.82, 2.24) is 19.6 Å². The summed E-state index contributed by atoms with van der Waals surface area (Å²) in [6, 6.07) is 1.89. The highest BCUT2D eigenvalue weighted by atomic mass is 19.1. The highest BCUT2D eigenvalue weighted by molar-refractivity contribution is 6.00. The fourth-order valence-electron chi connectivity index (χ4n) is 2.30. The van der Waals surface area contributed by atoms with Gasteiger partial charge in [-0.3, -0.25) is 9.89 Å². The normalized spacial score (nSPS) is 10.8. The number of carbonyl (C=O) groups excluding carboxylic acids is 1. The Hall–Kier alpha value is -3.30. The van der Waals surface area contributed by atoms with Crippen LogP contribution in [0.25, 0.3) is 5.78 Å². The van der Waals surface area contributed by atoms with Crippen molar-refractivity contribution in [3.63, 3.8) is 0 Å². The van der Waals surface area contributed by atoms with Crippen molar-refractivity contribution in [3.05, 3.63) is 52.2 Å². The maximum absolute atomic E-state index is 13.6. The van der Waals surface area contributed by atoms with Gasteiger partial charge in [0, 0.05) is 6.07 Å². The molecule has 0 aliphatic carbocycles. The van der Waals surface area contributed by atoms with Crippen LogP contribution in [0.1, 0.15) is 19.0 Å². The first kappa shape index (κ1) is 16.6. The number of hydrogen-bond donors (Lipinski definition) is 3. The van der Waals surface area contributed by atoms with Crippen LogP contribution in [-0.4, -0.2) is 25.6 Å². The zero-order valence-electron chi connectivity index (χ0n) is 13.1. The Kier molecular flexibility index (Phi) is 4.42. The van der Waals surface area contributed by atoms with Crippen molar-refractivity contribution in [1.29, 1.82) is 0 Å². The Morgan fingerprint density at radius 3 is 2.84 bits per heavy atom. The Morgan fingerprint density at radius 1 is 1.32 bits per heavy atom. The summed E-state index contributed by atoms with van der Waals surface area (Å²) in [6.45, 7) is 1.89. The maximum atomic E-state index is 13.6. The van der Waals surface area contributed by atoms with Crippen molar-refractivity contribution in [2.24, 2.45) is 0 Å². The number of aromatic nitrogens is 4. The first-order chi connectivity index (χ1) is 12.0. The second-order valence-electron chi connectivity index (χ2n) is 5.21. The topological polar surface area (TPSA) is 104 Å². The summed E-state index contributed by atoms with van der Waals surface area (Å²) in [5.74, 6) is -1.51. The van der Waals surface area contributed by atoms with Gasteiger partial charge in [-0.2, -0.15) is 4.52 Å². The van der Waals surface area contributed by atoms with Gasteiger partial charge < -0.3 is 10.6 Å². The van der Waals surface area contributed by atoms with Crippen LogP contribution in [-0.2, 0) is 6.42 Å². The monoisotopic (exact) mass is 348 g/mol. The highest BCUT2D eigenvalue weighted by Crippen LogP contribution is 2.16. The van der Waals surface area contributed by atoms with Crippen molar-refractivity contribution in [2.45, 2.75) is 19.8 Å². The minimum atomic E-state index is -0.928. The molecule has 0 saturated carbocycles. The zero-order valence-corrected chi connectivity index (χ0v) is 13.1. The summed E-state index contributed by atoms with van der Waals surface area (Å²) in [7, 11) is 0. The number of nitrogens with zero attached hydrogens (tertiary/aromatic N) is 3. The molecular weight excluding hydrogens is 334 g/mol. The van der Waals surface area contributed by atoms with E-state index in [2.05, 4.69) is 25.7 Å². The molecule has 8 nitrogen and oxygen atoms in total. The molecule has 0 spiro atoms. The lowest BCUT2D eigenvalue weighted by Gasteiger charge is -2.11. The number of carbonyl (C=O) groups is 1. The maximum Gasteiger partial charge on any atom is 0.323 e. The van der Waals surface area contributed by atoms with Gasteiger partial charge in [0.2, 0.25) is 0 Å². The van der Waals surface area contributed by atoms with Crippen LogP contribution in [0.3, 0.4) is 0 Å². The van der Waals surface area contributed by atoms with Crippen molar-refractivity contribution >= 4 is 23.2 Å². The molecule has 0 aliphatic rings. The molecule has 3 rings (SSSR count). The average molecular weight is 348 g/mol. The number of nitrogens with one attached hydrogen (secondary N) is 3. The Bertz CT molecular complexity index is 997. The number of anilines is 2. The number of benzene rings is 1. The lowest BCUT2D eigenvalue weighted by Crippen LogP contribution is -2.29. The predicted octanol–water partition coefficient (Wildman–Crippen LogP) is 2.29. The number of H-pyrrole nitrogens is 1. The number of urea groups is 1. The number of amides is 2. The van der Waals surface area contributed by atoms with Crippen LogP contribution in [0.15, 0.2) is 29.3 Å². The van der Waals surface area contributed by atoms with E-state index in [1.54, 1.807) is 0 Å². The fraction of sp³-hybridized carbons (Fsp3) is 0.200. The number of hydrogen-bond acceptors (Lipinski definition) is 4. The van der Waals surface area contributed by atoms with Gasteiger partial charge >= 0.3 is 6.03 Å².